The predicted octanol–water partition coefficient (Wildman–Crippen LogP) is 2.38. The van der Waals surface area contributed by atoms with Gasteiger partial charge in [-0.2, -0.15) is 0 Å². The largest absolute Gasteiger partial charge is 0.496 e. The number of rotatable bonds is 6. The number of carbonyl (C=O) groups is 1. The van der Waals surface area contributed by atoms with Crippen molar-refractivity contribution in [1.82, 2.24) is 5.32 Å². The Labute approximate surface area is 108 Å². The molecule has 0 fully saturated rings. The number of hydrogen-bond donors (Lipinski definition) is 2. The molecular formula is C14H21NO3. The number of benzene rings is 1. The third-order valence-electron chi connectivity index (χ3n) is 2.76. The first-order valence-corrected chi connectivity index (χ1v) is 6.15. The van der Waals surface area contributed by atoms with Gasteiger partial charge in [0.25, 0.3) is 0 Å². The van der Waals surface area contributed by atoms with E-state index in [1.54, 1.807) is 7.11 Å². The number of carboxylic acid groups (broad SMARTS) is 1. The predicted molar refractivity (Wildman–Crippen MR) is 71.0 cm³/mol. The van der Waals surface area contributed by atoms with Crippen LogP contribution in [-0.2, 0) is 11.2 Å². The van der Waals surface area contributed by atoms with Gasteiger partial charge in [0.05, 0.1) is 7.11 Å². The average molecular weight is 251 g/mol. The van der Waals surface area contributed by atoms with Gasteiger partial charge in [0.1, 0.15) is 11.8 Å². The summed E-state index contributed by atoms with van der Waals surface area (Å²) in [5, 5.41) is 12.4. The van der Waals surface area contributed by atoms with Crippen LogP contribution in [0.3, 0.4) is 0 Å². The number of methoxy groups -OCH3 is 1. The van der Waals surface area contributed by atoms with Crippen molar-refractivity contribution < 1.29 is 14.6 Å². The SMILES string of the molecule is CCc1ccc(OC)c(C(NC(C)C)C(=O)O)c1. The topological polar surface area (TPSA) is 58.6 Å². The minimum absolute atomic E-state index is 0.0843. The Balaban J connectivity index is 3.19. The normalized spacial score (nSPS) is 12.5. The second-order valence-electron chi connectivity index (χ2n) is 4.52. The molecule has 0 aliphatic rings. The number of hydrogen-bond acceptors (Lipinski definition) is 3. The van der Waals surface area contributed by atoms with Crippen molar-refractivity contribution in [2.45, 2.75) is 39.3 Å². The van der Waals surface area contributed by atoms with Crippen LogP contribution in [0.4, 0.5) is 0 Å². The summed E-state index contributed by atoms with van der Waals surface area (Å²) in [6, 6.07) is 5.02. The second-order valence-corrected chi connectivity index (χ2v) is 4.52. The van der Waals surface area contributed by atoms with Crippen LogP contribution in [0, 0.1) is 0 Å². The summed E-state index contributed by atoms with van der Waals surface area (Å²) in [6.45, 7) is 5.88. The quantitative estimate of drug-likeness (QED) is 0.815. The lowest BCUT2D eigenvalue weighted by atomic mass is 10.0. The molecule has 2 N–H and O–H groups in total. The number of nitrogens with one attached hydrogen (secondary N) is 1. The van der Waals surface area contributed by atoms with Gasteiger partial charge < -0.3 is 9.84 Å². The number of ether oxygens (including phenoxy) is 1. The Morgan fingerprint density at radius 3 is 2.56 bits per heavy atom. The van der Waals surface area contributed by atoms with Crippen molar-refractivity contribution >= 4 is 5.97 Å². The van der Waals surface area contributed by atoms with Crippen LogP contribution in [0.1, 0.15) is 37.9 Å². The molecule has 0 aromatic heterocycles. The Bertz CT molecular complexity index is 416. The molecule has 1 atom stereocenters. The fourth-order valence-corrected chi connectivity index (χ4v) is 1.86. The minimum Gasteiger partial charge on any atom is -0.496 e. The molecule has 0 radical (unpaired) electrons. The van der Waals surface area contributed by atoms with E-state index in [9.17, 15) is 9.90 Å². The Morgan fingerprint density at radius 2 is 2.11 bits per heavy atom. The lowest BCUT2D eigenvalue weighted by Gasteiger charge is -2.20. The van der Waals surface area contributed by atoms with Gasteiger partial charge in [-0.05, 0) is 38.0 Å². The van der Waals surface area contributed by atoms with Crippen molar-refractivity contribution in [2.75, 3.05) is 7.11 Å². The van der Waals surface area contributed by atoms with Crippen molar-refractivity contribution in [3.8, 4) is 5.75 Å². The molecule has 0 bridgehead atoms. The molecule has 0 aliphatic carbocycles. The van der Waals surface area contributed by atoms with Crippen molar-refractivity contribution in [3.05, 3.63) is 29.3 Å². The second kappa shape index (κ2) is 6.40. The molecule has 0 amide bonds. The minimum atomic E-state index is -0.893. The van der Waals surface area contributed by atoms with E-state index in [4.69, 9.17) is 4.74 Å². The van der Waals surface area contributed by atoms with Crippen LogP contribution < -0.4 is 10.1 Å². The fourth-order valence-electron chi connectivity index (χ4n) is 1.86. The molecule has 0 saturated heterocycles. The van der Waals surface area contributed by atoms with E-state index in [-0.39, 0.29) is 6.04 Å². The zero-order valence-electron chi connectivity index (χ0n) is 11.4. The lowest BCUT2D eigenvalue weighted by molar-refractivity contribution is -0.139. The Morgan fingerprint density at radius 1 is 1.44 bits per heavy atom. The molecule has 0 saturated carbocycles. The monoisotopic (exact) mass is 251 g/mol. The molecular weight excluding hydrogens is 230 g/mol. The summed E-state index contributed by atoms with van der Waals surface area (Å²) in [5.41, 5.74) is 1.78. The van der Waals surface area contributed by atoms with Gasteiger partial charge in [0.15, 0.2) is 0 Å². The average Bonchev–Trinajstić information content (AvgIpc) is 2.34. The molecule has 100 valence electrons. The summed E-state index contributed by atoms with van der Waals surface area (Å²) >= 11 is 0. The van der Waals surface area contributed by atoms with E-state index in [2.05, 4.69) is 5.32 Å². The summed E-state index contributed by atoms with van der Waals surface area (Å²) in [5.74, 6) is -0.289. The van der Waals surface area contributed by atoms with Gasteiger partial charge >= 0.3 is 5.97 Å². The Hall–Kier alpha value is -1.55. The highest BCUT2D eigenvalue weighted by atomic mass is 16.5. The highest BCUT2D eigenvalue weighted by Crippen LogP contribution is 2.27. The zero-order chi connectivity index (χ0) is 13.7. The van der Waals surface area contributed by atoms with Crippen LogP contribution in [0.5, 0.6) is 5.75 Å². The van der Waals surface area contributed by atoms with Crippen molar-refractivity contribution in [2.24, 2.45) is 0 Å². The first-order chi connectivity index (χ1) is 8.49. The van der Waals surface area contributed by atoms with Crippen LogP contribution in [0.25, 0.3) is 0 Å². The van der Waals surface area contributed by atoms with Crippen molar-refractivity contribution in [1.29, 1.82) is 0 Å². The van der Waals surface area contributed by atoms with Gasteiger partial charge in [-0.15, -0.1) is 0 Å². The van der Waals surface area contributed by atoms with Crippen LogP contribution >= 0.6 is 0 Å². The van der Waals surface area contributed by atoms with E-state index >= 15 is 0 Å². The molecule has 18 heavy (non-hydrogen) atoms. The maximum Gasteiger partial charge on any atom is 0.325 e. The molecule has 1 aromatic carbocycles. The third kappa shape index (κ3) is 3.47. The van der Waals surface area contributed by atoms with E-state index in [0.717, 1.165) is 12.0 Å². The summed E-state index contributed by atoms with van der Waals surface area (Å²) in [6.07, 6.45) is 0.866. The first kappa shape index (κ1) is 14.5. The van der Waals surface area contributed by atoms with Crippen LogP contribution in [-0.4, -0.2) is 24.2 Å². The molecule has 4 nitrogen and oxygen atoms in total. The van der Waals surface area contributed by atoms with Crippen molar-refractivity contribution in [3.63, 3.8) is 0 Å². The molecule has 4 heteroatoms. The molecule has 0 heterocycles. The fraction of sp³-hybridized carbons (Fsp3) is 0.500. The Kier molecular flexibility index (Phi) is 5.16. The van der Waals surface area contributed by atoms with E-state index in [1.165, 1.54) is 0 Å². The van der Waals surface area contributed by atoms with Crippen LogP contribution in [0.2, 0.25) is 0 Å². The highest BCUT2D eigenvalue weighted by molar-refractivity contribution is 5.77. The van der Waals surface area contributed by atoms with Gasteiger partial charge in [0, 0.05) is 11.6 Å². The van der Waals surface area contributed by atoms with Gasteiger partial charge in [-0.3, -0.25) is 10.1 Å². The first-order valence-electron chi connectivity index (χ1n) is 6.15. The number of carboxylic acids is 1. The van der Waals surface area contributed by atoms with Gasteiger partial charge in [-0.25, -0.2) is 0 Å². The van der Waals surface area contributed by atoms with E-state index < -0.39 is 12.0 Å². The molecule has 0 spiro atoms. The summed E-state index contributed by atoms with van der Waals surface area (Å²) < 4.78 is 5.25. The molecule has 1 rings (SSSR count). The smallest absolute Gasteiger partial charge is 0.325 e. The van der Waals surface area contributed by atoms with Gasteiger partial charge in [0.2, 0.25) is 0 Å². The highest BCUT2D eigenvalue weighted by Gasteiger charge is 2.24. The standard InChI is InChI=1S/C14H21NO3/c1-5-10-6-7-12(18-4)11(8-10)13(14(16)17)15-9(2)3/h6-9,13,15H,5H2,1-4H3,(H,16,17). The molecule has 0 aliphatic heterocycles. The maximum atomic E-state index is 11.4. The van der Waals surface area contributed by atoms with Gasteiger partial charge in [-0.1, -0.05) is 13.0 Å². The number of aliphatic carboxylic acids is 1. The summed E-state index contributed by atoms with van der Waals surface area (Å²) in [4.78, 5) is 11.4. The lowest BCUT2D eigenvalue weighted by Crippen LogP contribution is -2.33. The third-order valence-corrected chi connectivity index (χ3v) is 2.76. The maximum absolute atomic E-state index is 11.4. The van der Waals surface area contributed by atoms with E-state index in [0.29, 0.717) is 11.3 Å². The van der Waals surface area contributed by atoms with E-state index in [1.807, 2.05) is 39.0 Å². The molecule has 1 aromatic rings. The zero-order valence-corrected chi connectivity index (χ0v) is 11.4. The molecule has 1 unspecified atom stereocenters. The number of aryl methyl sites for hydroxylation is 1. The summed E-state index contributed by atoms with van der Waals surface area (Å²) in [7, 11) is 1.55. The van der Waals surface area contributed by atoms with Crippen LogP contribution in [0.15, 0.2) is 18.2 Å².